The molecule has 0 aliphatic carbocycles. The van der Waals surface area contributed by atoms with Crippen LogP contribution in [0.2, 0.25) is 0 Å². The number of nitrogens with zero attached hydrogens (tertiary/aromatic N) is 2. The molecule has 0 saturated carbocycles. The highest BCUT2D eigenvalue weighted by atomic mass is 16.5. The van der Waals surface area contributed by atoms with Gasteiger partial charge in [-0.15, -0.1) is 0 Å². The molecule has 4 atom stereocenters. The van der Waals surface area contributed by atoms with Crippen molar-refractivity contribution in [2.24, 2.45) is 11.7 Å². The lowest BCUT2D eigenvalue weighted by atomic mass is 9.86. The molecule has 21 heavy (non-hydrogen) atoms. The van der Waals surface area contributed by atoms with Gasteiger partial charge in [-0.2, -0.15) is 0 Å². The number of hydrogen-bond donors (Lipinski definition) is 2. The van der Waals surface area contributed by atoms with Gasteiger partial charge in [0.25, 0.3) is 5.91 Å². The molecule has 3 heterocycles. The average molecular weight is 295 g/mol. The number of nitrogens with two attached hydrogens (primary N) is 1. The van der Waals surface area contributed by atoms with Crippen molar-refractivity contribution < 1.29 is 24.2 Å². The van der Waals surface area contributed by atoms with E-state index in [9.17, 15) is 19.5 Å². The van der Waals surface area contributed by atoms with Crippen molar-refractivity contribution in [1.29, 1.82) is 0 Å². The maximum absolute atomic E-state index is 12.6. The number of hydrogen-bond acceptors (Lipinski definition) is 6. The highest BCUT2D eigenvalue weighted by Gasteiger charge is 2.51. The van der Waals surface area contributed by atoms with E-state index in [1.54, 1.807) is 6.20 Å². The summed E-state index contributed by atoms with van der Waals surface area (Å²) in [6.07, 6.45) is 0.701. The van der Waals surface area contributed by atoms with Crippen LogP contribution in [0.15, 0.2) is 12.1 Å². The smallest absolute Gasteiger partial charge is 0.255 e. The van der Waals surface area contributed by atoms with Gasteiger partial charge in [0, 0.05) is 19.0 Å². The van der Waals surface area contributed by atoms with E-state index in [-0.39, 0.29) is 18.5 Å². The lowest BCUT2D eigenvalue weighted by molar-refractivity contribution is -0.162. The predicted molar refractivity (Wildman–Crippen MR) is 69.2 cm³/mol. The molecule has 114 valence electrons. The van der Waals surface area contributed by atoms with Gasteiger partial charge in [0.15, 0.2) is 5.78 Å². The van der Waals surface area contributed by atoms with Gasteiger partial charge in [0.1, 0.15) is 18.1 Å². The summed E-state index contributed by atoms with van der Waals surface area (Å²) in [6.45, 7) is 2.36. The van der Waals surface area contributed by atoms with Crippen LogP contribution in [0.5, 0.6) is 0 Å². The summed E-state index contributed by atoms with van der Waals surface area (Å²) >= 11 is 0. The molecule has 0 bridgehead atoms. The molecule has 2 saturated heterocycles. The second-order valence-electron chi connectivity index (χ2n) is 5.61. The summed E-state index contributed by atoms with van der Waals surface area (Å²) in [5, 5.41) is 10.1. The normalized spacial score (nSPS) is 35.6. The minimum absolute atomic E-state index is 0.0171. The van der Waals surface area contributed by atoms with E-state index < -0.39 is 29.8 Å². The molecule has 0 aromatic rings. The molecule has 8 heteroatoms. The van der Waals surface area contributed by atoms with E-state index >= 15 is 0 Å². The molecule has 2 fully saturated rings. The Morgan fingerprint density at radius 1 is 1.48 bits per heavy atom. The maximum Gasteiger partial charge on any atom is 0.255 e. The van der Waals surface area contributed by atoms with Crippen molar-refractivity contribution in [2.75, 3.05) is 13.2 Å². The zero-order valence-electron chi connectivity index (χ0n) is 11.6. The minimum Gasteiger partial charge on any atom is -0.478 e. The Morgan fingerprint density at radius 3 is 2.86 bits per heavy atom. The van der Waals surface area contributed by atoms with Gasteiger partial charge >= 0.3 is 0 Å². The summed E-state index contributed by atoms with van der Waals surface area (Å²) in [5.74, 6) is -2.61. The lowest BCUT2D eigenvalue weighted by Gasteiger charge is -2.48. The molecule has 3 aliphatic heterocycles. The van der Waals surface area contributed by atoms with E-state index in [2.05, 4.69) is 0 Å². The second kappa shape index (κ2) is 4.73. The van der Waals surface area contributed by atoms with Gasteiger partial charge in [0.05, 0.1) is 12.8 Å². The van der Waals surface area contributed by atoms with Gasteiger partial charge in [-0.3, -0.25) is 19.3 Å². The predicted octanol–water partition coefficient (Wildman–Crippen LogP) is -1.85. The van der Waals surface area contributed by atoms with Crippen LogP contribution < -0.4 is 5.73 Å². The van der Waals surface area contributed by atoms with Crippen LogP contribution in [-0.4, -0.2) is 63.8 Å². The number of amides is 2. The highest BCUT2D eigenvalue weighted by molar-refractivity contribution is 6.06. The van der Waals surface area contributed by atoms with Crippen LogP contribution in [0, 0.1) is 5.92 Å². The van der Waals surface area contributed by atoms with Crippen molar-refractivity contribution in [3.05, 3.63) is 12.1 Å². The Labute approximate surface area is 121 Å². The summed E-state index contributed by atoms with van der Waals surface area (Å²) in [4.78, 5) is 38.8. The summed E-state index contributed by atoms with van der Waals surface area (Å²) in [6, 6.07) is -1.07. The van der Waals surface area contributed by atoms with Gasteiger partial charge in [0.2, 0.25) is 11.8 Å². The number of Topliss-reactive ketones (excluding diaryl/α,β-unsaturated/α-hetero) is 1. The van der Waals surface area contributed by atoms with Crippen LogP contribution in [0.1, 0.15) is 13.3 Å². The summed E-state index contributed by atoms with van der Waals surface area (Å²) < 4.78 is 5.47. The van der Waals surface area contributed by atoms with E-state index in [1.807, 2.05) is 6.92 Å². The number of fused-ring (bicyclic) bond motifs is 2. The third-order valence-electron chi connectivity index (χ3n) is 4.26. The van der Waals surface area contributed by atoms with Gasteiger partial charge < -0.3 is 20.5 Å². The van der Waals surface area contributed by atoms with E-state index in [0.717, 1.165) is 0 Å². The maximum atomic E-state index is 12.6. The third kappa shape index (κ3) is 1.98. The molecule has 4 unspecified atom stereocenters. The molecule has 0 aromatic carbocycles. The Hall–Kier alpha value is -2.09. The fraction of sp³-hybridized carbons (Fsp3) is 0.615. The fourth-order valence-electron chi connectivity index (χ4n) is 3.06. The third-order valence-corrected chi connectivity index (χ3v) is 4.26. The molecule has 3 N–H and O–H groups in total. The van der Waals surface area contributed by atoms with Crippen molar-refractivity contribution in [1.82, 2.24) is 9.80 Å². The topological polar surface area (TPSA) is 113 Å². The van der Waals surface area contributed by atoms with Crippen LogP contribution in [-0.2, 0) is 19.1 Å². The Balaban J connectivity index is 1.98. The molecule has 8 nitrogen and oxygen atoms in total. The molecule has 0 radical (unpaired) electrons. The number of carbonyl (C=O) groups excluding carboxylic acids is 3. The number of aliphatic hydroxyl groups is 1. The Kier molecular flexibility index (Phi) is 3.12. The lowest BCUT2D eigenvalue weighted by Crippen LogP contribution is -2.66. The van der Waals surface area contributed by atoms with Crippen molar-refractivity contribution in [3.8, 4) is 0 Å². The summed E-state index contributed by atoms with van der Waals surface area (Å²) in [5.41, 5.74) is 5.19. The number of ketones is 1. The summed E-state index contributed by atoms with van der Waals surface area (Å²) in [7, 11) is 0. The largest absolute Gasteiger partial charge is 0.478 e. The molecule has 0 aromatic heterocycles. The number of aliphatic hydroxyl groups excluding tert-OH is 1. The van der Waals surface area contributed by atoms with Crippen LogP contribution >= 0.6 is 0 Å². The molecule has 0 spiro atoms. The first-order valence-electron chi connectivity index (χ1n) is 6.86. The first kappa shape index (κ1) is 13.9. The standard InChI is InChI=1S/C13H17N3O5/c1-6-2-3-21-8-5-15-4-7(12(14)19)10(17)11(18)9(15)13(20)16(6)8/h5-7,9,11,18H,2-4H2,1H3,(H2,14,19). The van der Waals surface area contributed by atoms with Crippen molar-refractivity contribution in [2.45, 2.75) is 31.5 Å². The van der Waals surface area contributed by atoms with Gasteiger partial charge in [-0.25, -0.2) is 0 Å². The first-order valence-corrected chi connectivity index (χ1v) is 6.86. The highest BCUT2D eigenvalue weighted by Crippen LogP contribution is 2.32. The monoisotopic (exact) mass is 295 g/mol. The van der Waals surface area contributed by atoms with Gasteiger partial charge in [-0.1, -0.05) is 0 Å². The SMILES string of the molecule is CC1CCOC2=CN3CC(C(N)=O)C(=O)C(O)C3C(=O)N21. The number of primary amides is 1. The van der Waals surface area contributed by atoms with Crippen molar-refractivity contribution in [3.63, 3.8) is 0 Å². The zero-order valence-corrected chi connectivity index (χ0v) is 11.6. The molecular weight excluding hydrogens is 278 g/mol. The van der Waals surface area contributed by atoms with E-state index in [0.29, 0.717) is 18.9 Å². The Bertz CT molecular complexity index is 546. The van der Waals surface area contributed by atoms with E-state index in [1.165, 1.54) is 9.80 Å². The molecule has 3 rings (SSSR count). The number of carbonyl (C=O) groups is 3. The molecular formula is C13H17N3O5. The van der Waals surface area contributed by atoms with Crippen LogP contribution in [0.4, 0.5) is 0 Å². The fourth-order valence-corrected chi connectivity index (χ4v) is 3.06. The molecule has 2 amide bonds. The number of ether oxygens (including phenoxy) is 1. The van der Waals surface area contributed by atoms with E-state index in [4.69, 9.17) is 10.5 Å². The average Bonchev–Trinajstić information content (AvgIpc) is 2.42. The number of piperidine rings is 1. The van der Waals surface area contributed by atoms with Crippen LogP contribution in [0.25, 0.3) is 0 Å². The van der Waals surface area contributed by atoms with Gasteiger partial charge in [-0.05, 0) is 6.92 Å². The minimum atomic E-state index is -1.56. The first-order chi connectivity index (χ1) is 9.91. The Morgan fingerprint density at radius 2 is 2.19 bits per heavy atom. The second-order valence-corrected chi connectivity index (χ2v) is 5.61. The zero-order chi connectivity index (χ0) is 15.3. The number of rotatable bonds is 1. The molecule has 3 aliphatic rings. The van der Waals surface area contributed by atoms with Crippen LogP contribution in [0.3, 0.4) is 0 Å². The van der Waals surface area contributed by atoms with Crippen molar-refractivity contribution >= 4 is 17.6 Å². The quantitative estimate of drug-likeness (QED) is 0.549.